The molecule has 0 unspecified atom stereocenters. The molecule has 2 rings (SSSR count). The van der Waals surface area contributed by atoms with E-state index in [2.05, 4.69) is 65.5 Å². The van der Waals surface area contributed by atoms with E-state index in [1.165, 1.54) is 42.2 Å². The van der Waals surface area contributed by atoms with E-state index in [4.69, 9.17) is 0 Å². The second-order valence-corrected chi connectivity index (χ2v) is 6.35. The van der Waals surface area contributed by atoms with Gasteiger partial charge in [-0.3, -0.25) is 4.79 Å². The van der Waals surface area contributed by atoms with Crippen molar-refractivity contribution in [1.82, 2.24) is 5.32 Å². The van der Waals surface area contributed by atoms with Crippen molar-refractivity contribution in [2.75, 3.05) is 13.7 Å². The fourth-order valence-electron chi connectivity index (χ4n) is 2.75. The number of methoxy groups -OCH3 is 1. The van der Waals surface area contributed by atoms with Crippen molar-refractivity contribution in [3.05, 3.63) is 59.7 Å². The lowest BCUT2D eigenvalue weighted by atomic mass is 10.0. The summed E-state index contributed by atoms with van der Waals surface area (Å²) in [5.74, 6) is -0.146. The van der Waals surface area contributed by atoms with Crippen LogP contribution in [0.2, 0.25) is 0 Å². The average Bonchev–Trinajstić information content (AvgIpc) is 2.67. The maximum absolute atomic E-state index is 11.0. The Morgan fingerprint density at radius 3 is 2.08 bits per heavy atom. The quantitative estimate of drug-likeness (QED) is 0.502. The topological polar surface area (TPSA) is 38.3 Å². The molecule has 0 spiro atoms. The van der Waals surface area contributed by atoms with Crippen molar-refractivity contribution in [1.29, 1.82) is 0 Å². The molecule has 0 heterocycles. The maximum Gasteiger partial charge on any atom is 0.305 e. The van der Waals surface area contributed by atoms with Crippen LogP contribution in [0.3, 0.4) is 0 Å². The summed E-state index contributed by atoms with van der Waals surface area (Å²) in [6.45, 7) is 3.86. The molecular weight excluding hydrogens is 310 g/mol. The first-order valence-corrected chi connectivity index (χ1v) is 9.18. The van der Waals surface area contributed by atoms with E-state index in [1.807, 2.05) is 0 Å². The van der Waals surface area contributed by atoms with Gasteiger partial charge in [-0.1, -0.05) is 61.9 Å². The molecule has 0 aromatic heterocycles. The molecule has 3 nitrogen and oxygen atoms in total. The van der Waals surface area contributed by atoms with Crippen LogP contribution in [0, 0.1) is 0 Å². The maximum atomic E-state index is 11.0. The van der Waals surface area contributed by atoms with Crippen molar-refractivity contribution in [2.24, 2.45) is 0 Å². The molecule has 25 heavy (non-hydrogen) atoms. The van der Waals surface area contributed by atoms with Crippen molar-refractivity contribution >= 4 is 5.97 Å². The van der Waals surface area contributed by atoms with Gasteiger partial charge in [0.2, 0.25) is 0 Å². The molecule has 0 fully saturated rings. The molecule has 3 heteroatoms. The molecular formula is C22H29NO2. The first-order valence-electron chi connectivity index (χ1n) is 9.18. The number of esters is 1. The Morgan fingerprint density at radius 2 is 1.52 bits per heavy atom. The van der Waals surface area contributed by atoms with Crippen LogP contribution in [-0.4, -0.2) is 19.6 Å². The normalized spacial score (nSPS) is 10.6. The van der Waals surface area contributed by atoms with Crippen molar-refractivity contribution in [2.45, 2.75) is 45.6 Å². The van der Waals surface area contributed by atoms with Crippen LogP contribution in [0.4, 0.5) is 0 Å². The fraction of sp³-hybridized carbons (Fsp3) is 0.409. The monoisotopic (exact) mass is 339 g/mol. The minimum Gasteiger partial charge on any atom is -0.469 e. The van der Waals surface area contributed by atoms with E-state index in [0.717, 1.165) is 25.9 Å². The van der Waals surface area contributed by atoms with Gasteiger partial charge in [0.1, 0.15) is 0 Å². The molecule has 0 aliphatic rings. The van der Waals surface area contributed by atoms with Crippen LogP contribution in [0.15, 0.2) is 48.5 Å². The predicted octanol–water partition coefficient (Wildman–Crippen LogP) is 4.74. The fourth-order valence-corrected chi connectivity index (χ4v) is 2.75. The Hall–Kier alpha value is -2.13. The van der Waals surface area contributed by atoms with Gasteiger partial charge in [-0.15, -0.1) is 0 Å². The zero-order chi connectivity index (χ0) is 17.9. The van der Waals surface area contributed by atoms with E-state index in [0.29, 0.717) is 6.42 Å². The van der Waals surface area contributed by atoms with E-state index in [-0.39, 0.29) is 5.97 Å². The van der Waals surface area contributed by atoms with Gasteiger partial charge in [-0.25, -0.2) is 0 Å². The number of unbranched alkanes of at least 4 members (excludes halogenated alkanes) is 1. The minimum atomic E-state index is -0.146. The highest BCUT2D eigenvalue weighted by Gasteiger charge is 2.01. The van der Waals surface area contributed by atoms with Crippen LogP contribution in [0.1, 0.15) is 43.7 Å². The second-order valence-electron chi connectivity index (χ2n) is 6.35. The molecule has 134 valence electrons. The first-order chi connectivity index (χ1) is 12.2. The Kier molecular flexibility index (Phi) is 8.20. The van der Waals surface area contributed by atoms with Gasteiger partial charge < -0.3 is 10.1 Å². The summed E-state index contributed by atoms with van der Waals surface area (Å²) >= 11 is 0. The molecule has 0 aliphatic carbocycles. The van der Waals surface area contributed by atoms with E-state index in [9.17, 15) is 4.79 Å². The van der Waals surface area contributed by atoms with Gasteiger partial charge in [0.05, 0.1) is 7.11 Å². The van der Waals surface area contributed by atoms with Crippen LogP contribution in [0.5, 0.6) is 0 Å². The highest BCUT2D eigenvalue weighted by molar-refractivity contribution is 5.69. The molecule has 2 aromatic carbocycles. The van der Waals surface area contributed by atoms with Crippen LogP contribution in [0.25, 0.3) is 11.1 Å². The third-order valence-electron chi connectivity index (χ3n) is 4.35. The summed E-state index contributed by atoms with van der Waals surface area (Å²) in [6.07, 6.45) is 4.92. The zero-order valence-electron chi connectivity index (χ0n) is 15.4. The van der Waals surface area contributed by atoms with Crippen LogP contribution >= 0.6 is 0 Å². The number of hydrogen-bond acceptors (Lipinski definition) is 3. The highest BCUT2D eigenvalue weighted by atomic mass is 16.5. The minimum absolute atomic E-state index is 0.146. The number of benzene rings is 2. The lowest BCUT2D eigenvalue weighted by Crippen LogP contribution is -2.16. The number of carbonyl (C=O) groups excluding carboxylic acids is 1. The third kappa shape index (κ3) is 6.71. The van der Waals surface area contributed by atoms with E-state index >= 15 is 0 Å². The lowest BCUT2D eigenvalue weighted by Gasteiger charge is -2.07. The van der Waals surface area contributed by atoms with Crippen molar-refractivity contribution in [3.8, 4) is 11.1 Å². The predicted molar refractivity (Wildman–Crippen MR) is 103 cm³/mol. The molecule has 0 bridgehead atoms. The smallest absolute Gasteiger partial charge is 0.305 e. The number of aryl methyl sites for hydroxylation is 1. The van der Waals surface area contributed by atoms with Gasteiger partial charge in [0.15, 0.2) is 0 Å². The Balaban J connectivity index is 1.80. The molecule has 1 N–H and O–H groups in total. The van der Waals surface area contributed by atoms with Gasteiger partial charge >= 0.3 is 5.97 Å². The summed E-state index contributed by atoms with van der Waals surface area (Å²) in [5, 5.41) is 3.36. The van der Waals surface area contributed by atoms with E-state index in [1.54, 1.807) is 0 Å². The van der Waals surface area contributed by atoms with Gasteiger partial charge in [0.25, 0.3) is 0 Å². The number of nitrogens with one attached hydrogen (secondary N) is 1. The molecule has 0 saturated heterocycles. The average molecular weight is 339 g/mol. The third-order valence-corrected chi connectivity index (χ3v) is 4.35. The number of carbonyl (C=O) groups is 1. The summed E-state index contributed by atoms with van der Waals surface area (Å²) in [4.78, 5) is 11.0. The zero-order valence-corrected chi connectivity index (χ0v) is 15.4. The van der Waals surface area contributed by atoms with Crippen molar-refractivity contribution < 1.29 is 9.53 Å². The number of hydrogen-bond donors (Lipinski definition) is 1. The van der Waals surface area contributed by atoms with Crippen LogP contribution in [-0.2, 0) is 22.5 Å². The van der Waals surface area contributed by atoms with Gasteiger partial charge in [0, 0.05) is 13.0 Å². The molecule has 0 saturated carbocycles. The highest BCUT2D eigenvalue weighted by Crippen LogP contribution is 2.21. The largest absolute Gasteiger partial charge is 0.469 e. The Bertz CT molecular complexity index is 632. The summed E-state index contributed by atoms with van der Waals surface area (Å²) in [7, 11) is 1.43. The van der Waals surface area contributed by atoms with Crippen molar-refractivity contribution in [3.63, 3.8) is 0 Å². The van der Waals surface area contributed by atoms with Gasteiger partial charge in [-0.2, -0.15) is 0 Å². The standard InChI is InChI=1S/C22H29NO2/c1-3-4-6-18-8-12-20(13-9-18)21-14-10-19(11-15-21)17-23-16-5-7-22(24)25-2/h8-15,23H,3-7,16-17H2,1-2H3. The SMILES string of the molecule is CCCCc1ccc(-c2ccc(CNCCCC(=O)OC)cc2)cc1. The Labute approximate surface area is 151 Å². The second kappa shape index (κ2) is 10.7. The number of rotatable bonds is 10. The van der Waals surface area contributed by atoms with E-state index < -0.39 is 0 Å². The molecule has 0 aliphatic heterocycles. The molecule has 0 radical (unpaired) electrons. The van der Waals surface area contributed by atoms with Crippen LogP contribution < -0.4 is 5.32 Å². The molecule has 0 amide bonds. The molecule has 2 aromatic rings. The summed E-state index contributed by atoms with van der Waals surface area (Å²) in [5.41, 5.74) is 5.18. The molecule has 0 atom stereocenters. The van der Waals surface area contributed by atoms with Gasteiger partial charge in [-0.05, 0) is 48.1 Å². The first kappa shape index (κ1) is 19.2. The Morgan fingerprint density at radius 1 is 0.920 bits per heavy atom. The number of ether oxygens (including phenoxy) is 1. The summed E-state index contributed by atoms with van der Waals surface area (Å²) < 4.78 is 4.63. The lowest BCUT2D eigenvalue weighted by molar-refractivity contribution is -0.140. The summed E-state index contributed by atoms with van der Waals surface area (Å²) in [6, 6.07) is 17.6.